The van der Waals surface area contributed by atoms with Gasteiger partial charge in [-0.3, -0.25) is 0 Å². The molecule has 6 heteroatoms. The summed E-state index contributed by atoms with van der Waals surface area (Å²) in [6, 6.07) is 20.1. The van der Waals surface area contributed by atoms with Crippen LogP contribution in [0.5, 0.6) is 0 Å². The fraction of sp³-hybridized carbons (Fsp3) is 0.200. The first-order valence-corrected chi connectivity index (χ1v) is 8.68. The van der Waals surface area contributed by atoms with Gasteiger partial charge in [-0.15, -0.1) is 0 Å². The zero-order valence-electron chi connectivity index (χ0n) is 14.4. The van der Waals surface area contributed by atoms with Crippen LogP contribution < -0.4 is 16.0 Å². The number of hydrogen-bond acceptors (Lipinski definition) is 6. The van der Waals surface area contributed by atoms with Gasteiger partial charge in [0, 0.05) is 36.1 Å². The molecule has 26 heavy (non-hydrogen) atoms. The summed E-state index contributed by atoms with van der Waals surface area (Å²) in [7, 11) is 0. The fourth-order valence-corrected chi connectivity index (χ4v) is 3.01. The van der Waals surface area contributed by atoms with Gasteiger partial charge in [0.05, 0.1) is 18.9 Å². The lowest BCUT2D eigenvalue weighted by molar-refractivity contribution is 0.122. The average Bonchev–Trinajstić information content (AvgIpc) is 2.69. The molecule has 0 spiro atoms. The van der Waals surface area contributed by atoms with Crippen molar-refractivity contribution < 1.29 is 4.74 Å². The van der Waals surface area contributed by atoms with E-state index in [4.69, 9.17) is 10.5 Å². The highest BCUT2D eigenvalue weighted by molar-refractivity contribution is 5.68. The molecule has 6 nitrogen and oxygen atoms in total. The molecule has 0 amide bonds. The third-order valence-electron chi connectivity index (χ3n) is 4.33. The molecule has 3 aromatic rings. The van der Waals surface area contributed by atoms with Gasteiger partial charge in [-0.1, -0.05) is 30.3 Å². The summed E-state index contributed by atoms with van der Waals surface area (Å²) in [5, 5.41) is 3.31. The highest BCUT2D eigenvalue weighted by Crippen LogP contribution is 2.24. The molecular formula is C20H21N5O. The van der Waals surface area contributed by atoms with Crippen molar-refractivity contribution in [3.05, 3.63) is 60.7 Å². The van der Waals surface area contributed by atoms with E-state index in [1.54, 1.807) is 0 Å². The normalized spacial score (nSPS) is 14.2. The Kier molecular flexibility index (Phi) is 4.66. The van der Waals surface area contributed by atoms with E-state index in [1.165, 1.54) is 5.69 Å². The van der Waals surface area contributed by atoms with E-state index in [0.717, 1.165) is 43.2 Å². The Morgan fingerprint density at radius 2 is 1.65 bits per heavy atom. The SMILES string of the molecule is Nc1nc(Nc2ccc(N3CCOCC3)cc2)cc(-c2ccccc2)n1. The number of anilines is 4. The molecule has 1 saturated heterocycles. The Labute approximate surface area is 152 Å². The summed E-state index contributed by atoms with van der Waals surface area (Å²) >= 11 is 0. The van der Waals surface area contributed by atoms with E-state index in [2.05, 4.69) is 32.3 Å². The molecule has 1 aliphatic rings. The van der Waals surface area contributed by atoms with Gasteiger partial charge in [0.2, 0.25) is 5.95 Å². The quantitative estimate of drug-likeness (QED) is 0.754. The van der Waals surface area contributed by atoms with Gasteiger partial charge in [-0.25, -0.2) is 4.98 Å². The lowest BCUT2D eigenvalue weighted by Crippen LogP contribution is -2.36. The monoisotopic (exact) mass is 347 g/mol. The largest absolute Gasteiger partial charge is 0.378 e. The molecule has 1 aromatic heterocycles. The number of rotatable bonds is 4. The van der Waals surface area contributed by atoms with Crippen molar-refractivity contribution in [2.45, 2.75) is 0 Å². The molecule has 0 atom stereocenters. The van der Waals surface area contributed by atoms with Crippen LogP contribution in [0.15, 0.2) is 60.7 Å². The summed E-state index contributed by atoms with van der Waals surface area (Å²) in [5.74, 6) is 0.925. The maximum Gasteiger partial charge on any atom is 0.222 e. The van der Waals surface area contributed by atoms with Gasteiger partial charge >= 0.3 is 0 Å². The van der Waals surface area contributed by atoms with Gasteiger partial charge in [-0.2, -0.15) is 4.98 Å². The Balaban J connectivity index is 1.52. The molecule has 1 aliphatic heterocycles. The lowest BCUT2D eigenvalue weighted by atomic mass is 10.1. The van der Waals surface area contributed by atoms with Crippen LogP contribution in [0.2, 0.25) is 0 Å². The molecule has 2 aromatic carbocycles. The van der Waals surface area contributed by atoms with Crippen molar-refractivity contribution >= 4 is 23.1 Å². The van der Waals surface area contributed by atoms with Crippen LogP contribution in [0.1, 0.15) is 0 Å². The minimum absolute atomic E-state index is 0.249. The zero-order chi connectivity index (χ0) is 17.8. The summed E-state index contributed by atoms with van der Waals surface area (Å²) in [4.78, 5) is 10.9. The topological polar surface area (TPSA) is 76.3 Å². The predicted molar refractivity (Wildman–Crippen MR) is 105 cm³/mol. The summed E-state index contributed by atoms with van der Waals surface area (Å²) < 4.78 is 5.40. The number of aromatic nitrogens is 2. The van der Waals surface area contributed by atoms with Crippen LogP contribution in [0.3, 0.4) is 0 Å². The van der Waals surface area contributed by atoms with Crippen LogP contribution in [0.4, 0.5) is 23.1 Å². The van der Waals surface area contributed by atoms with Crippen molar-refractivity contribution in [1.82, 2.24) is 9.97 Å². The van der Waals surface area contributed by atoms with E-state index in [-0.39, 0.29) is 5.95 Å². The van der Waals surface area contributed by atoms with E-state index >= 15 is 0 Å². The van der Waals surface area contributed by atoms with Crippen molar-refractivity contribution in [3.63, 3.8) is 0 Å². The van der Waals surface area contributed by atoms with E-state index in [1.807, 2.05) is 48.5 Å². The molecule has 0 unspecified atom stereocenters. The maximum absolute atomic E-state index is 5.89. The highest BCUT2D eigenvalue weighted by Gasteiger charge is 2.11. The Morgan fingerprint density at radius 1 is 0.923 bits per heavy atom. The minimum Gasteiger partial charge on any atom is -0.378 e. The van der Waals surface area contributed by atoms with Crippen molar-refractivity contribution in [2.75, 3.05) is 42.3 Å². The number of nitrogens with two attached hydrogens (primary N) is 1. The van der Waals surface area contributed by atoms with E-state index in [9.17, 15) is 0 Å². The first kappa shape index (κ1) is 16.4. The minimum atomic E-state index is 0.249. The number of nitrogens with zero attached hydrogens (tertiary/aromatic N) is 3. The molecule has 0 aliphatic carbocycles. The predicted octanol–water partition coefficient (Wildman–Crippen LogP) is 3.31. The lowest BCUT2D eigenvalue weighted by Gasteiger charge is -2.28. The molecule has 0 saturated carbocycles. The maximum atomic E-state index is 5.89. The summed E-state index contributed by atoms with van der Waals surface area (Å²) in [6.45, 7) is 3.41. The second-order valence-corrected chi connectivity index (χ2v) is 6.13. The standard InChI is InChI=1S/C20H21N5O/c21-20-23-18(15-4-2-1-3-5-15)14-19(24-20)22-16-6-8-17(9-7-16)25-10-12-26-13-11-25/h1-9,14H,10-13H2,(H3,21,22,23,24). The first-order chi connectivity index (χ1) is 12.8. The van der Waals surface area contributed by atoms with Crippen molar-refractivity contribution in [3.8, 4) is 11.3 Å². The van der Waals surface area contributed by atoms with Gasteiger partial charge in [0.25, 0.3) is 0 Å². The van der Waals surface area contributed by atoms with Gasteiger partial charge in [0.1, 0.15) is 5.82 Å². The number of hydrogen-bond donors (Lipinski definition) is 2. The number of morpholine rings is 1. The molecule has 3 N–H and O–H groups in total. The van der Waals surface area contributed by atoms with Crippen LogP contribution >= 0.6 is 0 Å². The molecule has 0 bridgehead atoms. The molecule has 2 heterocycles. The number of nitrogen functional groups attached to an aromatic ring is 1. The van der Waals surface area contributed by atoms with E-state index < -0.39 is 0 Å². The van der Waals surface area contributed by atoms with E-state index in [0.29, 0.717) is 5.82 Å². The van der Waals surface area contributed by atoms with Crippen LogP contribution in [-0.2, 0) is 4.74 Å². The molecule has 4 rings (SSSR count). The second-order valence-electron chi connectivity index (χ2n) is 6.13. The number of ether oxygens (including phenoxy) is 1. The summed E-state index contributed by atoms with van der Waals surface area (Å²) in [5.41, 5.74) is 9.85. The molecule has 0 radical (unpaired) electrons. The fourth-order valence-electron chi connectivity index (χ4n) is 3.01. The molecule has 132 valence electrons. The number of nitrogens with one attached hydrogen (secondary N) is 1. The van der Waals surface area contributed by atoms with Crippen molar-refractivity contribution in [2.24, 2.45) is 0 Å². The number of benzene rings is 2. The Hall–Kier alpha value is -3.12. The second kappa shape index (κ2) is 7.41. The zero-order valence-corrected chi connectivity index (χ0v) is 14.4. The van der Waals surface area contributed by atoms with Gasteiger partial charge in [0.15, 0.2) is 0 Å². The summed E-state index contributed by atoms with van der Waals surface area (Å²) in [6.07, 6.45) is 0. The third kappa shape index (κ3) is 3.75. The molecule has 1 fully saturated rings. The van der Waals surface area contributed by atoms with Gasteiger partial charge < -0.3 is 20.7 Å². The Bertz CT molecular complexity index is 861. The smallest absolute Gasteiger partial charge is 0.222 e. The van der Waals surface area contributed by atoms with Crippen molar-refractivity contribution in [1.29, 1.82) is 0 Å². The third-order valence-corrected chi connectivity index (χ3v) is 4.33. The Morgan fingerprint density at radius 3 is 2.38 bits per heavy atom. The molecular weight excluding hydrogens is 326 g/mol. The average molecular weight is 347 g/mol. The van der Waals surface area contributed by atoms with Crippen LogP contribution in [0, 0.1) is 0 Å². The van der Waals surface area contributed by atoms with Gasteiger partial charge in [-0.05, 0) is 24.3 Å². The van der Waals surface area contributed by atoms with Crippen LogP contribution in [0.25, 0.3) is 11.3 Å². The van der Waals surface area contributed by atoms with Crippen LogP contribution in [-0.4, -0.2) is 36.3 Å². The highest BCUT2D eigenvalue weighted by atomic mass is 16.5. The first-order valence-electron chi connectivity index (χ1n) is 8.68.